The fourth-order valence-electron chi connectivity index (χ4n) is 1.95. The monoisotopic (exact) mass is 334 g/mol. The molecule has 104 valence electrons. The van der Waals surface area contributed by atoms with Crippen molar-refractivity contribution >= 4 is 33.2 Å². The van der Waals surface area contributed by atoms with Crippen LogP contribution in [0.2, 0.25) is 0 Å². The number of nitrogen functional groups attached to an aromatic ring is 1. The molecule has 0 atom stereocenters. The topological polar surface area (TPSA) is 55.6 Å². The Labute approximate surface area is 126 Å². The van der Waals surface area contributed by atoms with E-state index in [0.717, 1.165) is 4.47 Å². The number of nitrogens with zero attached hydrogens (tertiary/aromatic N) is 1. The van der Waals surface area contributed by atoms with Gasteiger partial charge in [-0.3, -0.25) is 4.79 Å². The lowest BCUT2D eigenvalue weighted by atomic mass is 10.1. The lowest BCUT2D eigenvalue weighted by molar-refractivity contribution is 0.0992. The maximum absolute atomic E-state index is 12.5. The molecule has 0 bridgehead atoms. The number of anilines is 2. The van der Waals surface area contributed by atoms with Crippen molar-refractivity contribution in [1.29, 1.82) is 0 Å². The van der Waals surface area contributed by atoms with E-state index in [1.807, 2.05) is 24.3 Å². The van der Waals surface area contributed by atoms with E-state index >= 15 is 0 Å². The largest absolute Gasteiger partial charge is 0.495 e. The van der Waals surface area contributed by atoms with Gasteiger partial charge in [0.25, 0.3) is 5.91 Å². The van der Waals surface area contributed by atoms with Crippen LogP contribution in [-0.2, 0) is 0 Å². The Morgan fingerprint density at radius 2 is 1.95 bits per heavy atom. The highest BCUT2D eigenvalue weighted by Gasteiger charge is 2.17. The number of rotatable bonds is 3. The molecule has 0 aromatic heterocycles. The van der Waals surface area contributed by atoms with Crippen LogP contribution in [0.25, 0.3) is 0 Å². The number of para-hydroxylation sites is 2. The van der Waals surface area contributed by atoms with E-state index < -0.39 is 0 Å². The van der Waals surface area contributed by atoms with Crippen molar-refractivity contribution in [2.45, 2.75) is 0 Å². The van der Waals surface area contributed by atoms with Gasteiger partial charge in [0, 0.05) is 22.8 Å². The van der Waals surface area contributed by atoms with Gasteiger partial charge in [0.2, 0.25) is 0 Å². The van der Waals surface area contributed by atoms with Crippen LogP contribution in [0.4, 0.5) is 11.4 Å². The summed E-state index contributed by atoms with van der Waals surface area (Å²) in [5, 5.41) is 0. The normalized spacial score (nSPS) is 10.2. The molecule has 0 heterocycles. The second-order valence-electron chi connectivity index (χ2n) is 4.31. The maximum Gasteiger partial charge on any atom is 0.258 e. The van der Waals surface area contributed by atoms with Gasteiger partial charge in [0.1, 0.15) is 5.75 Å². The van der Waals surface area contributed by atoms with Crippen molar-refractivity contribution in [1.82, 2.24) is 0 Å². The lowest BCUT2D eigenvalue weighted by Crippen LogP contribution is -2.26. The summed E-state index contributed by atoms with van der Waals surface area (Å²) in [6.45, 7) is 0. The average molecular weight is 335 g/mol. The summed E-state index contributed by atoms with van der Waals surface area (Å²) in [6.07, 6.45) is 0. The average Bonchev–Trinajstić information content (AvgIpc) is 2.44. The van der Waals surface area contributed by atoms with Crippen molar-refractivity contribution in [2.24, 2.45) is 0 Å². The highest BCUT2D eigenvalue weighted by Crippen LogP contribution is 2.28. The zero-order valence-corrected chi connectivity index (χ0v) is 12.8. The molecule has 4 nitrogen and oxygen atoms in total. The number of carbonyl (C=O) groups excluding carboxylic acids is 1. The number of nitrogens with two attached hydrogens (primary N) is 1. The third-order valence-electron chi connectivity index (χ3n) is 2.92. The van der Waals surface area contributed by atoms with Crippen LogP contribution in [0.3, 0.4) is 0 Å². The van der Waals surface area contributed by atoms with Crippen LogP contribution in [0.1, 0.15) is 10.4 Å². The Hall–Kier alpha value is -2.01. The van der Waals surface area contributed by atoms with Crippen molar-refractivity contribution in [3.63, 3.8) is 0 Å². The smallest absolute Gasteiger partial charge is 0.258 e. The molecular weight excluding hydrogens is 320 g/mol. The van der Waals surface area contributed by atoms with E-state index in [1.165, 1.54) is 0 Å². The van der Waals surface area contributed by atoms with Crippen LogP contribution >= 0.6 is 15.9 Å². The molecule has 0 aliphatic carbocycles. The standard InChI is InChI=1S/C15H15BrN2O2/c1-18(13-5-3-4-6-14(13)20-2)15(19)10-7-11(16)9-12(17)8-10/h3-9H,17H2,1-2H3. The molecule has 20 heavy (non-hydrogen) atoms. The van der Waals surface area contributed by atoms with Crippen molar-refractivity contribution < 1.29 is 9.53 Å². The first-order valence-corrected chi connectivity index (χ1v) is 6.79. The molecule has 0 unspecified atom stereocenters. The van der Waals surface area contributed by atoms with E-state index in [9.17, 15) is 4.79 Å². The summed E-state index contributed by atoms with van der Waals surface area (Å²) in [7, 11) is 3.28. The third-order valence-corrected chi connectivity index (χ3v) is 3.38. The van der Waals surface area contributed by atoms with Crippen LogP contribution in [0, 0.1) is 0 Å². The minimum atomic E-state index is -0.150. The number of hydrogen-bond acceptors (Lipinski definition) is 3. The Morgan fingerprint density at radius 1 is 1.25 bits per heavy atom. The van der Waals surface area contributed by atoms with Crippen molar-refractivity contribution in [3.05, 3.63) is 52.5 Å². The minimum Gasteiger partial charge on any atom is -0.495 e. The summed E-state index contributed by atoms with van der Waals surface area (Å²) in [4.78, 5) is 14.1. The molecule has 1 amide bonds. The van der Waals surface area contributed by atoms with Gasteiger partial charge in [-0.15, -0.1) is 0 Å². The van der Waals surface area contributed by atoms with E-state index in [-0.39, 0.29) is 5.91 Å². The molecular formula is C15H15BrN2O2. The molecule has 0 aliphatic rings. The van der Waals surface area contributed by atoms with Gasteiger partial charge >= 0.3 is 0 Å². The molecule has 0 radical (unpaired) electrons. The van der Waals surface area contributed by atoms with Gasteiger partial charge in [-0.2, -0.15) is 0 Å². The van der Waals surface area contributed by atoms with Crippen LogP contribution in [0.15, 0.2) is 46.9 Å². The number of benzene rings is 2. The number of hydrogen-bond donors (Lipinski definition) is 1. The SMILES string of the molecule is COc1ccccc1N(C)C(=O)c1cc(N)cc(Br)c1. The van der Waals surface area contributed by atoms with Crippen LogP contribution in [-0.4, -0.2) is 20.1 Å². The maximum atomic E-state index is 12.5. The third kappa shape index (κ3) is 2.93. The molecule has 0 saturated heterocycles. The fraction of sp³-hybridized carbons (Fsp3) is 0.133. The van der Waals surface area contributed by atoms with E-state index in [2.05, 4.69) is 15.9 Å². The first kappa shape index (κ1) is 14.4. The second kappa shape index (κ2) is 5.96. The molecule has 2 aromatic rings. The van der Waals surface area contributed by atoms with Crippen molar-refractivity contribution in [3.8, 4) is 5.75 Å². The molecule has 0 saturated carbocycles. The summed E-state index contributed by atoms with van der Waals surface area (Å²) >= 11 is 3.34. The Bertz CT molecular complexity index is 623. The number of amides is 1. The number of carbonyl (C=O) groups is 1. The fourth-order valence-corrected chi connectivity index (χ4v) is 2.46. The Morgan fingerprint density at radius 3 is 2.60 bits per heavy atom. The summed E-state index contributed by atoms with van der Waals surface area (Å²) in [5.74, 6) is 0.494. The molecule has 0 aliphatic heterocycles. The molecule has 0 spiro atoms. The van der Waals surface area contributed by atoms with Crippen molar-refractivity contribution in [2.75, 3.05) is 24.8 Å². The molecule has 2 rings (SSSR count). The Balaban J connectivity index is 2.37. The summed E-state index contributed by atoms with van der Waals surface area (Å²) < 4.78 is 6.04. The first-order valence-electron chi connectivity index (χ1n) is 6.00. The lowest BCUT2D eigenvalue weighted by Gasteiger charge is -2.20. The molecule has 2 aromatic carbocycles. The summed E-state index contributed by atoms with van der Waals surface area (Å²) in [5.41, 5.74) is 7.53. The minimum absolute atomic E-state index is 0.150. The Kier molecular flexibility index (Phi) is 4.29. The summed E-state index contributed by atoms with van der Waals surface area (Å²) in [6, 6.07) is 12.5. The predicted octanol–water partition coefficient (Wildman–Crippen LogP) is 3.32. The van der Waals surface area contributed by atoms with E-state index in [1.54, 1.807) is 37.3 Å². The van der Waals surface area contributed by atoms with Gasteiger partial charge < -0.3 is 15.4 Å². The quantitative estimate of drug-likeness (QED) is 0.876. The number of methoxy groups -OCH3 is 1. The van der Waals surface area contributed by atoms with Gasteiger partial charge in [0.05, 0.1) is 12.8 Å². The number of halogens is 1. The molecule has 5 heteroatoms. The van der Waals surface area contributed by atoms with Gasteiger partial charge in [0.15, 0.2) is 0 Å². The first-order chi connectivity index (χ1) is 9.52. The van der Waals surface area contributed by atoms with Crippen LogP contribution in [0.5, 0.6) is 5.75 Å². The molecule has 0 fully saturated rings. The zero-order chi connectivity index (χ0) is 14.7. The predicted molar refractivity (Wildman–Crippen MR) is 84.3 cm³/mol. The van der Waals surface area contributed by atoms with Gasteiger partial charge in [-0.05, 0) is 30.3 Å². The molecule has 2 N–H and O–H groups in total. The van der Waals surface area contributed by atoms with E-state index in [4.69, 9.17) is 10.5 Å². The van der Waals surface area contributed by atoms with E-state index in [0.29, 0.717) is 22.7 Å². The highest BCUT2D eigenvalue weighted by molar-refractivity contribution is 9.10. The number of ether oxygens (including phenoxy) is 1. The van der Waals surface area contributed by atoms with Gasteiger partial charge in [-0.25, -0.2) is 0 Å². The van der Waals surface area contributed by atoms with Gasteiger partial charge in [-0.1, -0.05) is 28.1 Å². The van der Waals surface area contributed by atoms with Crippen LogP contribution < -0.4 is 15.4 Å². The second-order valence-corrected chi connectivity index (χ2v) is 5.22. The zero-order valence-electron chi connectivity index (χ0n) is 11.3. The highest BCUT2D eigenvalue weighted by atomic mass is 79.9.